The molecule has 1 amide bonds. The first kappa shape index (κ1) is 17.8. The molecule has 6 N–H and O–H groups in total. The Hall–Kier alpha value is -2.64. The molecule has 2 unspecified atom stereocenters. The van der Waals surface area contributed by atoms with E-state index in [1.165, 1.54) is 6.20 Å². The number of nitrogens with one attached hydrogen (secondary N) is 2. The molecule has 0 radical (unpaired) electrons. The molecule has 140 valence electrons. The lowest BCUT2D eigenvalue weighted by Crippen LogP contribution is -2.42. The van der Waals surface area contributed by atoms with Gasteiger partial charge in [-0.2, -0.15) is 0 Å². The molecule has 3 aromatic rings. The van der Waals surface area contributed by atoms with Crippen LogP contribution in [0.3, 0.4) is 0 Å². The molecule has 2 aromatic heterocycles. The molecule has 7 nitrogen and oxygen atoms in total. The van der Waals surface area contributed by atoms with Gasteiger partial charge in [-0.3, -0.25) is 4.79 Å². The van der Waals surface area contributed by atoms with Crippen LogP contribution in [0.25, 0.3) is 22.3 Å². The van der Waals surface area contributed by atoms with Crippen LogP contribution in [0.15, 0.2) is 30.5 Å². The topological polar surface area (TPSA) is 123 Å². The van der Waals surface area contributed by atoms with Crippen molar-refractivity contribution in [3.8, 4) is 11.4 Å². The molecule has 0 aliphatic heterocycles. The molecule has 1 aromatic carbocycles. The number of fused-ring (bicyclic) bond motifs is 1. The Bertz CT molecular complexity index is 1000. The first-order valence-electron chi connectivity index (χ1n) is 8.99. The number of amides is 1. The van der Waals surface area contributed by atoms with E-state index < -0.39 is 5.91 Å². The van der Waals surface area contributed by atoms with Crippen LogP contribution in [-0.2, 0) is 0 Å². The third kappa shape index (κ3) is 3.61. The number of hydrogen-bond acceptors (Lipinski definition) is 5. The lowest BCUT2D eigenvalue weighted by Gasteiger charge is -2.29. The van der Waals surface area contributed by atoms with E-state index >= 15 is 0 Å². The number of nitrogens with zero attached hydrogens (tertiary/aromatic N) is 2. The van der Waals surface area contributed by atoms with Crippen molar-refractivity contribution in [2.45, 2.75) is 37.8 Å². The second kappa shape index (κ2) is 7.17. The Balaban J connectivity index is 1.73. The average molecular weight is 385 g/mol. The number of rotatable bonds is 4. The molecule has 27 heavy (non-hydrogen) atoms. The highest BCUT2D eigenvalue weighted by Crippen LogP contribution is 2.28. The fourth-order valence-electron chi connectivity index (χ4n) is 3.59. The molecule has 1 saturated carbocycles. The van der Waals surface area contributed by atoms with Gasteiger partial charge in [0, 0.05) is 28.0 Å². The van der Waals surface area contributed by atoms with E-state index in [0.29, 0.717) is 22.2 Å². The largest absolute Gasteiger partial charge is 0.364 e. The maximum atomic E-state index is 11.9. The monoisotopic (exact) mass is 384 g/mol. The van der Waals surface area contributed by atoms with Gasteiger partial charge in [0.25, 0.3) is 5.91 Å². The van der Waals surface area contributed by atoms with Gasteiger partial charge in [0.05, 0.1) is 11.9 Å². The van der Waals surface area contributed by atoms with Crippen LogP contribution >= 0.6 is 11.6 Å². The Labute approximate surface area is 161 Å². The summed E-state index contributed by atoms with van der Waals surface area (Å²) >= 11 is 6.07. The van der Waals surface area contributed by atoms with E-state index in [9.17, 15) is 4.79 Å². The van der Waals surface area contributed by atoms with Crippen molar-refractivity contribution in [1.29, 1.82) is 0 Å². The van der Waals surface area contributed by atoms with E-state index in [4.69, 9.17) is 23.1 Å². The fourth-order valence-corrected chi connectivity index (χ4v) is 3.77. The predicted octanol–water partition coefficient (Wildman–Crippen LogP) is 3.06. The SMILES string of the molecule is NC(=O)c1ncc(NC2CCCCC2N)nc1-c1cc2cc(Cl)ccc2[nH]1. The van der Waals surface area contributed by atoms with Gasteiger partial charge in [-0.25, -0.2) is 9.97 Å². The molecule has 1 aliphatic carbocycles. The van der Waals surface area contributed by atoms with E-state index in [-0.39, 0.29) is 17.8 Å². The van der Waals surface area contributed by atoms with E-state index in [0.717, 1.165) is 36.6 Å². The van der Waals surface area contributed by atoms with Gasteiger partial charge in [0.1, 0.15) is 11.5 Å². The van der Waals surface area contributed by atoms with Gasteiger partial charge in [0.2, 0.25) is 0 Å². The summed E-state index contributed by atoms with van der Waals surface area (Å²) in [6, 6.07) is 7.62. The van der Waals surface area contributed by atoms with Crippen LogP contribution in [0.2, 0.25) is 5.02 Å². The Morgan fingerprint density at radius 1 is 1.26 bits per heavy atom. The molecule has 2 heterocycles. The van der Waals surface area contributed by atoms with Crippen molar-refractivity contribution in [3.05, 3.63) is 41.2 Å². The molecule has 1 aliphatic rings. The molecule has 1 fully saturated rings. The molecule has 4 rings (SSSR count). The molecular weight excluding hydrogens is 364 g/mol. The summed E-state index contributed by atoms with van der Waals surface area (Å²) < 4.78 is 0. The highest BCUT2D eigenvalue weighted by molar-refractivity contribution is 6.31. The minimum Gasteiger partial charge on any atom is -0.364 e. The zero-order chi connectivity index (χ0) is 19.0. The standard InChI is InChI=1S/C19H21ClN6O/c20-11-5-6-13-10(7-11)8-15(24-13)17-18(19(22)27)23-9-16(26-17)25-14-4-2-1-3-12(14)21/h5-9,12,14,24H,1-4,21H2,(H2,22,27)(H,25,26). The van der Waals surface area contributed by atoms with Crippen LogP contribution in [0.5, 0.6) is 0 Å². The molecule has 0 saturated heterocycles. The molecule has 0 bridgehead atoms. The summed E-state index contributed by atoms with van der Waals surface area (Å²) in [4.78, 5) is 24.0. The van der Waals surface area contributed by atoms with Crippen molar-refractivity contribution in [2.24, 2.45) is 11.5 Å². The summed E-state index contributed by atoms with van der Waals surface area (Å²) in [7, 11) is 0. The number of benzene rings is 1. The van der Waals surface area contributed by atoms with Gasteiger partial charge in [0.15, 0.2) is 5.69 Å². The van der Waals surface area contributed by atoms with Crippen LogP contribution < -0.4 is 16.8 Å². The zero-order valence-electron chi connectivity index (χ0n) is 14.7. The first-order chi connectivity index (χ1) is 13.0. The second-order valence-electron chi connectivity index (χ2n) is 6.93. The van der Waals surface area contributed by atoms with Crippen LogP contribution in [0.4, 0.5) is 5.82 Å². The van der Waals surface area contributed by atoms with Crippen LogP contribution in [0.1, 0.15) is 36.2 Å². The van der Waals surface area contributed by atoms with Crippen molar-refractivity contribution in [1.82, 2.24) is 15.0 Å². The van der Waals surface area contributed by atoms with Gasteiger partial charge in [-0.05, 0) is 37.1 Å². The van der Waals surface area contributed by atoms with Crippen molar-refractivity contribution >= 4 is 34.2 Å². The van der Waals surface area contributed by atoms with E-state index in [1.807, 2.05) is 18.2 Å². The normalized spacial score (nSPS) is 19.9. The molecule has 0 spiro atoms. The maximum Gasteiger partial charge on any atom is 0.269 e. The maximum absolute atomic E-state index is 11.9. The number of carbonyl (C=O) groups is 1. The second-order valence-corrected chi connectivity index (χ2v) is 7.37. The van der Waals surface area contributed by atoms with Crippen molar-refractivity contribution in [3.63, 3.8) is 0 Å². The minimum absolute atomic E-state index is 0.0787. The van der Waals surface area contributed by atoms with Crippen molar-refractivity contribution < 1.29 is 4.79 Å². The van der Waals surface area contributed by atoms with Gasteiger partial charge < -0.3 is 21.8 Å². The zero-order valence-corrected chi connectivity index (χ0v) is 15.5. The number of primary amides is 1. The molecular formula is C19H21ClN6O. The number of carbonyl (C=O) groups excluding carboxylic acids is 1. The lowest BCUT2D eigenvalue weighted by molar-refractivity contribution is 0.0996. The number of anilines is 1. The number of hydrogen-bond donors (Lipinski definition) is 4. The Morgan fingerprint density at radius 2 is 2.07 bits per heavy atom. The predicted molar refractivity (Wildman–Crippen MR) is 107 cm³/mol. The third-order valence-electron chi connectivity index (χ3n) is 5.00. The number of aromatic nitrogens is 3. The average Bonchev–Trinajstić information content (AvgIpc) is 3.06. The van der Waals surface area contributed by atoms with Gasteiger partial charge >= 0.3 is 0 Å². The first-order valence-corrected chi connectivity index (χ1v) is 9.36. The summed E-state index contributed by atoms with van der Waals surface area (Å²) in [5.74, 6) is -0.0517. The smallest absolute Gasteiger partial charge is 0.269 e. The summed E-state index contributed by atoms with van der Waals surface area (Å²) in [6.45, 7) is 0. The quantitative estimate of drug-likeness (QED) is 0.550. The minimum atomic E-state index is -0.630. The number of H-pyrrole nitrogens is 1. The summed E-state index contributed by atoms with van der Waals surface area (Å²) in [5.41, 5.74) is 13.8. The highest BCUT2D eigenvalue weighted by atomic mass is 35.5. The highest BCUT2D eigenvalue weighted by Gasteiger charge is 2.23. The van der Waals surface area contributed by atoms with E-state index in [1.54, 1.807) is 6.07 Å². The number of nitrogens with two attached hydrogens (primary N) is 2. The molecule has 2 atom stereocenters. The van der Waals surface area contributed by atoms with E-state index in [2.05, 4.69) is 20.3 Å². The van der Waals surface area contributed by atoms with Gasteiger partial charge in [-0.15, -0.1) is 0 Å². The third-order valence-corrected chi connectivity index (χ3v) is 5.23. The Kier molecular flexibility index (Phi) is 4.72. The van der Waals surface area contributed by atoms with Gasteiger partial charge in [-0.1, -0.05) is 24.4 Å². The van der Waals surface area contributed by atoms with Crippen LogP contribution in [-0.4, -0.2) is 32.9 Å². The molecule has 8 heteroatoms. The number of aromatic amines is 1. The number of halogens is 1. The Morgan fingerprint density at radius 3 is 2.85 bits per heavy atom. The summed E-state index contributed by atoms with van der Waals surface area (Å²) in [5, 5.41) is 4.92. The lowest BCUT2D eigenvalue weighted by atomic mass is 9.91. The fraction of sp³-hybridized carbons (Fsp3) is 0.316. The summed E-state index contributed by atoms with van der Waals surface area (Å²) in [6.07, 6.45) is 5.79. The van der Waals surface area contributed by atoms with Crippen molar-refractivity contribution in [2.75, 3.05) is 5.32 Å². The van der Waals surface area contributed by atoms with Crippen LogP contribution in [0, 0.1) is 0 Å².